The molecule has 0 aromatic heterocycles. The maximum atomic E-state index is 12.3. The third kappa shape index (κ3) is 1.87. The Kier molecular flexibility index (Phi) is 2.90. The van der Waals surface area contributed by atoms with Gasteiger partial charge in [0.1, 0.15) is 0 Å². The predicted octanol–water partition coefficient (Wildman–Crippen LogP) is 1.81. The third-order valence-electron chi connectivity index (χ3n) is 4.35. The number of hydrogen-bond acceptors (Lipinski definition) is 3. The molecule has 1 saturated heterocycles. The number of carbonyl (C=O) groups excluding carboxylic acids is 2. The van der Waals surface area contributed by atoms with Crippen molar-refractivity contribution in [3.63, 3.8) is 0 Å². The SMILES string of the molecule is CCC1(CN2C(=O)c3ccccc3C2=O)CCCN1. The largest absolute Gasteiger partial charge is 0.310 e. The lowest BCUT2D eigenvalue weighted by molar-refractivity contribution is 0.0604. The van der Waals surface area contributed by atoms with Gasteiger partial charge in [-0.2, -0.15) is 0 Å². The van der Waals surface area contributed by atoms with Crippen LogP contribution in [-0.2, 0) is 0 Å². The molecule has 1 atom stereocenters. The van der Waals surface area contributed by atoms with Gasteiger partial charge in [0.2, 0.25) is 0 Å². The average molecular weight is 258 g/mol. The van der Waals surface area contributed by atoms with E-state index < -0.39 is 0 Å². The van der Waals surface area contributed by atoms with Crippen LogP contribution >= 0.6 is 0 Å². The van der Waals surface area contributed by atoms with E-state index in [1.54, 1.807) is 24.3 Å². The second-order valence-electron chi connectivity index (χ2n) is 5.41. The minimum Gasteiger partial charge on any atom is -0.310 e. The molecule has 4 nitrogen and oxygen atoms in total. The number of benzene rings is 1. The van der Waals surface area contributed by atoms with E-state index in [2.05, 4.69) is 12.2 Å². The molecular formula is C15H18N2O2. The van der Waals surface area contributed by atoms with Gasteiger partial charge in [0.25, 0.3) is 11.8 Å². The van der Waals surface area contributed by atoms with Crippen LogP contribution in [0.2, 0.25) is 0 Å². The smallest absolute Gasteiger partial charge is 0.261 e. The van der Waals surface area contributed by atoms with Crippen LogP contribution in [0.3, 0.4) is 0 Å². The summed E-state index contributed by atoms with van der Waals surface area (Å²) >= 11 is 0. The van der Waals surface area contributed by atoms with Crippen LogP contribution in [-0.4, -0.2) is 35.3 Å². The highest BCUT2D eigenvalue weighted by Crippen LogP contribution is 2.29. The molecule has 1 aromatic carbocycles. The van der Waals surface area contributed by atoms with Crippen LogP contribution < -0.4 is 5.32 Å². The van der Waals surface area contributed by atoms with Gasteiger partial charge in [-0.3, -0.25) is 14.5 Å². The number of nitrogens with zero attached hydrogens (tertiary/aromatic N) is 1. The summed E-state index contributed by atoms with van der Waals surface area (Å²) in [6.07, 6.45) is 3.06. The maximum Gasteiger partial charge on any atom is 0.261 e. The lowest BCUT2D eigenvalue weighted by Gasteiger charge is -2.32. The summed E-state index contributed by atoms with van der Waals surface area (Å²) in [5.41, 5.74) is 0.987. The summed E-state index contributed by atoms with van der Waals surface area (Å²) in [5.74, 6) is -0.302. The van der Waals surface area contributed by atoms with E-state index in [0.717, 1.165) is 25.8 Å². The molecule has 1 fully saturated rings. The highest BCUT2D eigenvalue weighted by molar-refractivity contribution is 6.21. The second-order valence-corrected chi connectivity index (χ2v) is 5.41. The number of fused-ring (bicyclic) bond motifs is 1. The first-order chi connectivity index (χ1) is 9.17. The first-order valence-electron chi connectivity index (χ1n) is 6.87. The fraction of sp³-hybridized carbons (Fsp3) is 0.467. The van der Waals surface area contributed by atoms with Gasteiger partial charge in [0.05, 0.1) is 11.1 Å². The van der Waals surface area contributed by atoms with Crippen LogP contribution in [0.1, 0.15) is 46.9 Å². The van der Waals surface area contributed by atoms with Crippen molar-refractivity contribution < 1.29 is 9.59 Å². The monoisotopic (exact) mass is 258 g/mol. The van der Waals surface area contributed by atoms with Crippen LogP contribution in [0, 0.1) is 0 Å². The minimum absolute atomic E-state index is 0.0899. The van der Waals surface area contributed by atoms with Gasteiger partial charge in [-0.15, -0.1) is 0 Å². The molecule has 0 spiro atoms. The number of amides is 2. The van der Waals surface area contributed by atoms with Crippen molar-refractivity contribution in [3.05, 3.63) is 35.4 Å². The molecule has 2 aliphatic rings. The molecule has 2 amide bonds. The molecule has 2 heterocycles. The summed E-state index contributed by atoms with van der Waals surface area (Å²) in [5, 5.41) is 3.47. The quantitative estimate of drug-likeness (QED) is 0.841. The molecule has 4 heteroatoms. The van der Waals surface area contributed by atoms with E-state index in [1.165, 1.54) is 4.90 Å². The van der Waals surface area contributed by atoms with Crippen LogP contribution in [0.15, 0.2) is 24.3 Å². The maximum absolute atomic E-state index is 12.3. The van der Waals surface area contributed by atoms with Crippen LogP contribution in [0.4, 0.5) is 0 Å². The highest BCUT2D eigenvalue weighted by Gasteiger charge is 2.41. The molecule has 100 valence electrons. The molecule has 19 heavy (non-hydrogen) atoms. The van der Waals surface area contributed by atoms with E-state index in [0.29, 0.717) is 17.7 Å². The zero-order valence-electron chi connectivity index (χ0n) is 11.1. The lowest BCUT2D eigenvalue weighted by atomic mass is 9.93. The standard InChI is InChI=1S/C15H18N2O2/c1-2-15(8-5-9-16-15)10-17-13(18)11-6-3-4-7-12(11)14(17)19/h3-4,6-7,16H,2,5,8-10H2,1H3. The Morgan fingerprint density at radius 2 is 1.84 bits per heavy atom. The van der Waals surface area contributed by atoms with Gasteiger partial charge in [-0.1, -0.05) is 19.1 Å². The zero-order chi connectivity index (χ0) is 13.5. The lowest BCUT2D eigenvalue weighted by Crippen LogP contribution is -2.51. The van der Waals surface area contributed by atoms with Crippen molar-refractivity contribution in [1.82, 2.24) is 10.2 Å². The highest BCUT2D eigenvalue weighted by atomic mass is 16.2. The molecule has 3 rings (SSSR count). The Bertz CT molecular complexity index is 498. The number of imide groups is 1. The molecule has 1 N–H and O–H groups in total. The van der Waals surface area contributed by atoms with Crippen molar-refractivity contribution in [3.8, 4) is 0 Å². The summed E-state index contributed by atoms with van der Waals surface area (Å²) in [6, 6.07) is 7.07. The minimum atomic E-state index is -0.151. The third-order valence-corrected chi connectivity index (χ3v) is 4.35. The van der Waals surface area contributed by atoms with Crippen molar-refractivity contribution in [2.45, 2.75) is 31.7 Å². The van der Waals surface area contributed by atoms with E-state index in [4.69, 9.17) is 0 Å². The fourth-order valence-electron chi connectivity index (χ4n) is 3.10. The van der Waals surface area contributed by atoms with E-state index >= 15 is 0 Å². The van der Waals surface area contributed by atoms with Crippen LogP contribution in [0.25, 0.3) is 0 Å². The van der Waals surface area contributed by atoms with E-state index in [9.17, 15) is 9.59 Å². The Balaban J connectivity index is 1.88. The Labute approximate surface area is 112 Å². The summed E-state index contributed by atoms with van der Waals surface area (Å²) in [4.78, 5) is 26.1. The van der Waals surface area contributed by atoms with Gasteiger partial charge < -0.3 is 5.32 Å². The van der Waals surface area contributed by atoms with Crippen molar-refractivity contribution >= 4 is 11.8 Å². The van der Waals surface area contributed by atoms with E-state index in [-0.39, 0.29) is 17.4 Å². The Morgan fingerprint density at radius 3 is 2.32 bits per heavy atom. The van der Waals surface area contributed by atoms with Gasteiger partial charge in [0.15, 0.2) is 0 Å². The van der Waals surface area contributed by atoms with Gasteiger partial charge in [-0.05, 0) is 37.9 Å². The molecule has 0 radical (unpaired) electrons. The average Bonchev–Trinajstić information content (AvgIpc) is 3.00. The number of rotatable bonds is 3. The zero-order valence-corrected chi connectivity index (χ0v) is 11.1. The first kappa shape index (κ1) is 12.4. The second kappa shape index (κ2) is 4.46. The normalized spacial score (nSPS) is 26.1. The van der Waals surface area contributed by atoms with Gasteiger partial charge in [-0.25, -0.2) is 0 Å². The number of hydrogen-bond donors (Lipinski definition) is 1. The van der Waals surface area contributed by atoms with Crippen LogP contribution in [0.5, 0.6) is 0 Å². The van der Waals surface area contributed by atoms with Crippen molar-refractivity contribution in [2.24, 2.45) is 0 Å². The van der Waals surface area contributed by atoms with Crippen molar-refractivity contribution in [2.75, 3.05) is 13.1 Å². The predicted molar refractivity (Wildman–Crippen MR) is 72.1 cm³/mol. The fourth-order valence-corrected chi connectivity index (χ4v) is 3.10. The summed E-state index contributed by atoms with van der Waals surface area (Å²) < 4.78 is 0. The van der Waals surface area contributed by atoms with Crippen molar-refractivity contribution in [1.29, 1.82) is 0 Å². The molecule has 1 aromatic rings. The number of carbonyl (C=O) groups is 2. The summed E-state index contributed by atoms with van der Waals surface area (Å²) in [6.45, 7) is 3.56. The molecule has 0 bridgehead atoms. The molecular weight excluding hydrogens is 240 g/mol. The topological polar surface area (TPSA) is 49.4 Å². The summed E-state index contributed by atoms with van der Waals surface area (Å²) in [7, 11) is 0. The molecule has 2 aliphatic heterocycles. The Hall–Kier alpha value is -1.68. The van der Waals surface area contributed by atoms with E-state index in [1.807, 2.05) is 0 Å². The molecule has 0 aliphatic carbocycles. The Morgan fingerprint density at radius 1 is 1.21 bits per heavy atom. The molecule has 0 saturated carbocycles. The van der Waals surface area contributed by atoms with Gasteiger partial charge in [0, 0.05) is 12.1 Å². The number of nitrogens with one attached hydrogen (secondary N) is 1. The molecule has 1 unspecified atom stereocenters. The first-order valence-corrected chi connectivity index (χ1v) is 6.87. The van der Waals surface area contributed by atoms with Gasteiger partial charge >= 0.3 is 0 Å².